The lowest BCUT2D eigenvalue weighted by molar-refractivity contribution is -0.385. The van der Waals surface area contributed by atoms with Crippen LogP contribution in [0, 0.1) is 17.0 Å². The number of aromatic hydroxyl groups is 1. The lowest BCUT2D eigenvalue weighted by atomic mass is 10.1. The number of aromatic carboxylic acids is 1. The maximum atomic E-state index is 11.2. The van der Waals surface area contributed by atoms with Crippen LogP contribution in [0.25, 0.3) is 11.3 Å². The summed E-state index contributed by atoms with van der Waals surface area (Å²) < 4.78 is 1.59. The Hall–Kier alpha value is -3.92. The van der Waals surface area contributed by atoms with E-state index in [1.165, 1.54) is 18.2 Å². The van der Waals surface area contributed by atoms with Gasteiger partial charge in [0.2, 0.25) is 0 Å². The normalized spacial score (nSPS) is 11.4. The van der Waals surface area contributed by atoms with Crippen molar-refractivity contribution in [1.82, 2.24) is 9.78 Å². The third-order valence-corrected chi connectivity index (χ3v) is 5.35. The van der Waals surface area contributed by atoms with Gasteiger partial charge in [-0.15, -0.1) is 0 Å². The molecule has 0 aliphatic heterocycles. The Kier molecular flexibility index (Phi) is 6.98. The minimum Gasteiger partial charge on any atom is -0.504 e. The molecule has 0 bridgehead atoms. The van der Waals surface area contributed by atoms with Gasteiger partial charge in [0.15, 0.2) is 5.75 Å². The first kappa shape index (κ1) is 23.7. The van der Waals surface area contributed by atoms with Crippen LogP contribution in [-0.4, -0.2) is 48.0 Å². The van der Waals surface area contributed by atoms with Gasteiger partial charge in [-0.25, -0.2) is 4.79 Å². The summed E-state index contributed by atoms with van der Waals surface area (Å²) in [6, 6.07) is 11.6. The Labute approximate surface area is 195 Å². The summed E-state index contributed by atoms with van der Waals surface area (Å²) in [7, 11) is 1.74. The maximum absolute atomic E-state index is 11.2. The van der Waals surface area contributed by atoms with Gasteiger partial charge in [0.05, 0.1) is 17.2 Å². The van der Waals surface area contributed by atoms with Crippen LogP contribution in [0.15, 0.2) is 47.5 Å². The smallest absolute Gasteiger partial charge is 0.342 e. The van der Waals surface area contributed by atoms with Crippen molar-refractivity contribution in [1.29, 1.82) is 0 Å². The van der Waals surface area contributed by atoms with Crippen molar-refractivity contribution in [3.63, 3.8) is 0 Å². The summed E-state index contributed by atoms with van der Waals surface area (Å²) in [6.45, 7) is 3.85. The molecule has 1 heterocycles. The van der Waals surface area contributed by atoms with Gasteiger partial charge >= 0.3 is 5.97 Å². The van der Waals surface area contributed by atoms with Crippen LogP contribution in [0.5, 0.6) is 5.75 Å². The van der Waals surface area contributed by atoms with Gasteiger partial charge in [-0.05, 0) is 25.5 Å². The number of hydrogen-bond donors (Lipinski definition) is 2. The van der Waals surface area contributed by atoms with E-state index in [1.807, 2.05) is 31.2 Å². The summed E-state index contributed by atoms with van der Waals surface area (Å²) in [5.74, 6) is -1.34. The Morgan fingerprint density at radius 3 is 2.52 bits per heavy atom. The van der Waals surface area contributed by atoms with Crippen LogP contribution >= 0.6 is 12.2 Å². The largest absolute Gasteiger partial charge is 0.504 e. The van der Waals surface area contributed by atoms with E-state index in [0.717, 1.165) is 11.1 Å². The van der Waals surface area contributed by atoms with E-state index in [9.17, 15) is 20.0 Å². The molecule has 0 radical (unpaired) electrons. The molecule has 0 unspecified atom stereocenters. The van der Waals surface area contributed by atoms with Gasteiger partial charge in [-0.1, -0.05) is 48.1 Å². The Morgan fingerprint density at radius 2 is 1.91 bits per heavy atom. The molecule has 33 heavy (non-hydrogen) atoms. The SMILES string of the molecule is CC(=NCC(=S)Cc1ccc(C(=O)O)c([N+](=O)[O-])c1)c1nn(C)c(-c2ccc(C)cc2)c1O. The highest BCUT2D eigenvalue weighted by atomic mass is 32.1. The zero-order chi connectivity index (χ0) is 24.3. The number of nitrogens with zero attached hydrogens (tertiary/aromatic N) is 4. The molecule has 3 rings (SSSR count). The highest BCUT2D eigenvalue weighted by Gasteiger charge is 2.21. The fourth-order valence-electron chi connectivity index (χ4n) is 3.38. The average molecular weight is 467 g/mol. The fourth-order valence-corrected chi connectivity index (χ4v) is 3.61. The summed E-state index contributed by atoms with van der Waals surface area (Å²) >= 11 is 5.37. The summed E-state index contributed by atoms with van der Waals surface area (Å²) in [4.78, 5) is 26.5. The average Bonchev–Trinajstić information content (AvgIpc) is 3.06. The first-order chi connectivity index (χ1) is 15.6. The second-order valence-corrected chi connectivity index (χ2v) is 8.14. The number of thiocarbonyl (C=S) groups is 1. The predicted octanol–water partition coefficient (Wildman–Crippen LogP) is 4.13. The van der Waals surface area contributed by atoms with Gasteiger partial charge in [0.1, 0.15) is 17.0 Å². The van der Waals surface area contributed by atoms with Gasteiger partial charge in [-0.2, -0.15) is 5.10 Å². The molecule has 9 nitrogen and oxygen atoms in total. The molecule has 0 saturated carbocycles. The lowest BCUT2D eigenvalue weighted by Crippen LogP contribution is -2.09. The molecule has 10 heteroatoms. The topological polar surface area (TPSA) is 131 Å². The number of nitro benzene ring substituents is 1. The zero-order valence-electron chi connectivity index (χ0n) is 18.3. The summed E-state index contributed by atoms with van der Waals surface area (Å²) in [5, 5.41) is 35.4. The highest BCUT2D eigenvalue weighted by Crippen LogP contribution is 2.32. The van der Waals surface area contributed by atoms with Gasteiger partial charge < -0.3 is 10.2 Å². The minimum atomic E-state index is -1.36. The van der Waals surface area contributed by atoms with Crippen molar-refractivity contribution in [3.8, 4) is 17.0 Å². The number of carbonyl (C=O) groups is 1. The van der Waals surface area contributed by atoms with E-state index in [2.05, 4.69) is 10.1 Å². The van der Waals surface area contributed by atoms with Crippen LogP contribution in [0.1, 0.15) is 34.1 Å². The number of benzene rings is 2. The van der Waals surface area contributed by atoms with E-state index >= 15 is 0 Å². The number of aromatic nitrogens is 2. The number of carboxylic acid groups (broad SMARTS) is 1. The number of aryl methyl sites for hydroxylation is 2. The van der Waals surface area contributed by atoms with Crippen LogP contribution in [0.4, 0.5) is 5.69 Å². The van der Waals surface area contributed by atoms with Crippen LogP contribution in [0.3, 0.4) is 0 Å². The summed E-state index contributed by atoms with van der Waals surface area (Å²) in [5.41, 5.74) is 3.01. The van der Waals surface area contributed by atoms with Crippen molar-refractivity contribution in [2.75, 3.05) is 6.54 Å². The lowest BCUT2D eigenvalue weighted by Gasteiger charge is -2.05. The quantitative estimate of drug-likeness (QED) is 0.221. The Morgan fingerprint density at radius 1 is 1.24 bits per heavy atom. The molecule has 0 spiro atoms. The molecule has 0 amide bonds. The second-order valence-electron chi connectivity index (χ2n) is 7.57. The molecular formula is C23H22N4O5S. The third kappa shape index (κ3) is 5.29. The Bertz CT molecular complexity index is 1280. The van der Waals surface area contributed by atoms with Crippen molar-refractivity contribution in [2.24, 2.45) is 12.0 Å². The molecule has 0 saturated heterocycles. The number of nitro groups is 1. The highest BCUT2D eigenvalue weighted by molar-refractivity contribution is 7.80. The van der Waals surface area contributed by atoms with Crippen LogP contribution < -0.4 is 0 Å². The molecule has 1 aromatic heterocycles. The third-order valence-electron chi connectivity index (χ3n) is 5.07. The van der Waals surface area contributed by atoms with Gasteiger partial charge in [0.25, 0.3) is 5.69 Å². The molecule has 170 valence electrons. The molecule has 3 aromatic rings. The number of carboxylic acids is 1. The van der Waals surface area contributed by atoms with E-state index < -0.39 is 16.6 Å². The number of aliphatic imine (C=N–C) groups is 1. The van der Waals surface area contributed by atoms with Crippen molar-refractivity contribution in [3.05, 3.63) is 75.0 Å². The molecule has 2 aromatic carbocycles. The van der Waals surface area contributed by atoms with Crippen molar-refractivity contribution < 1.29 is 19.9 Å². The second kappa shape index (κ2) is 9.70. The summed E-state index contributed by atoms with van der Waals surface area (Å²) in [6.07, 6.45) is 0.218. The van der Waals surface area contributed by atoms with E-state index in [0.29, 0.717) is 27.5 Å². The Balaban J connectivity index is 1.77. The van der Waals surface area contributed by atoms with Crippen LogP contribution in [0.2, 0.25) is 0 Å². The fraction of sp³-hybridized carbons (Fsp3) is 0.217. The molecule has 0 fully saturated rings. The minimum absolute atomic E-state index is 0.0217. The van der Waals surface area contributed by atoms with Crippen LogP contribution in [-0.2, 0) is 13.5 Å². The first-order valence-corrected chi connectivity index (χ1v) is 10.4. The van der Waals surface area contributed by atoms with Gasteiger partial charge in [-0.3, -0.25) is 19.8 Å². The number of rotatable bonds is 8. The number of hydrogen-bond acceptors (Lipinski definition) is 7. The standard InChI is InChI=1S/C23H22N4O5S/c1-13-4-7-16(8-5-13)21-22(28)20(25-26(21)3)14(2)24-12-17(33)10-15-6-9-18(23(29)30)19(11-15)27(31)32/h4-9,11,28H,10,12H2,1-3H3,(H,29,30). The van der Waals surface area contributed by atoms with Crippen molar-refractivity contribution >= 4 is 34.5 Å². The molecule has 0 aliphatic carbocycles. The first-order valence-electron chi connectivity index (χ1n) is 9.95. The molecule has 0 atom stereocenters. The van der Waals surface area contributed by atoms with Gasteiger partial charge in [0, 0.05) is 30.0 Å². The molecule has 0 aliphatic rings. The van der Waals surface area contributed by atoms with Crippen molar-refractivity contribution in [2.45, 2.75) is 20.3 Å². The molecular weight excluding hydrogens is 444 g/mol. The molecule has 2 N–H and O–H groups in total. The monoisotopic (exact) mass is 466 g/mol. The van der Waals surface area contributed by atoms with E-state index in [1.54, 1.807) is 18.7 Å². The van der Waals surface area contributed by atoms with E-state index in [4.69, 9.17) is 17.3 Å². The zero-order valence-corrected chi connectivity index (χ0v) is 19.1. The maximum Gasteiger partial charge on any atom is 0.342 e. The van der Waals surface area contributed by atoms with E-state index in [-0.39, 0.29) is 24.3 Å². The predicted molar refractivity (Wildman–Crippen MR) is 128 cm³/mol.